The van der Waals surface area contributed by atoms with E-state index in [1.54, 1.807) is 19.9 Å². The molecule has 0 saturated carbocycles. The van der Waals surface area contributed by atoms with Gasteiger partial charge in [-0.25, -0.2) is 4.39 Å². The van der Waals surface area contributed by atoms with Crippen molar-refractivity contribution in [1.82, 2.24) is 10.1 Å². The largest absolute Gasteiger partial charge is 0.393 e. The molecule has 90 valence electrons. The van der Waals surface area contributed by atoms with Crippen LogP contribution in [0.25, 0.3) is 11.4 Å². The quantitative estimate of drug-likeness (QED) is 0.886. The summed E-state index contributed by atoms with van der Waals surface area (Å²) < 4.78 is 18.2. The molecule has 1 unspecified atom stereocenters. The molecule has 0 aliphatic rings. The van der Waals surface area contributed by atoms with Gasteiger partial charge in [-0.2, -0.15) is 4.98 Å². The first-order valence-corrected chi connectivity index (χ1v) is 5.33. The molecule has 0 aliphatic carbocycles. The Bertz CT molecular complexity index is 503. The van der Waals surface area contributed by atoms with Crippen LogP contribution in [-0.4, -0.2) is 21.4 Å². The fourth-order valence-electron chi connectivity index (χ4n) is 1.57. The number of aliphatic hydroxyl groups is 1. The van der Waals surface area contributed by atoms with Gasteiger partial charge in [-0.1, -0.05) is 5.16 Å². The molecule has 0 spiro atoms. The number of benzene rings is 1. The fourth-order valence-corrected chi connectivity index (χ4v) is 1.57. The van der Waals surface area contributed by atoms with Gasteiger partial charge in [-0.3, -0.25) is 0 Å². The van der Waals surface area contributed by atoms with Crippen LogP contribution in [0.2, 0.25) is 0 Å². The van der Waals surface area contributed by atoms with E-state index in [1.807, 2.05) is 0 Å². The Morgan fingerprint density at radius 1 is 1.41 bits per heavy atom. The van der Waals surface area contributed by atoms with Crippen LogP contribution in [-0.2, 0) is 6.42 Å². The van der Waals surface area contributed by atoms with Gasteiger partial charge >= 0.3 is 0 Å². The van der Waals surface area contributed by atoms with Gasteiger partial charge in [0.1, 0.15) is 5.82 Å². The van der Waals surface area contributed by atoms with Crippen LogP contribution >= 0.6 is 0 Å². The molecule has 2 aromatic rings. The third kappa shape index (κ3) is 2.88. The molecule has 0 saturated heterocycles. The maximum atomic E-state index is 13.2. The van der Waals surface area contributed by atoms with Crippen molar-refractivity contribution in [3.8, 4) is 11.4 Å². The Morgan fingerprint density at radius 3 is 2.82 bits per heavy atom. The van der Waals surface area contributed by atoms with Gasteiger partial charge in [-0.15, -0.1) is 0 Å². The lowest BCUT2D eigenvalue weighted by molar-refractivity contribution is 0.181. The first-order chi connectivity index (χ1) is 8.04. The molecule has 0 amide bonds. The first-order valence-electron chi connectivity index (χ1n) is 5.33. The van der Waals surface area contributed by atoms with Crippen molar-refractivity contribution in [3.63, 3.8) is 0 Å². The van der Waals surface area contributed by atoms with Gasteiger partial charge in [-0.05, 0) is 37.6 Å². The van der Waals surface area contributed by atoms with E-state index >= 15 is 0 Å². The van der Waals surface area contributed by atoms with E-state index in [4.69, 9.17) is 4.52 Å². The Morgan fingerprint density at radius 2 is 2.18 bits per heavy atom. The smallest absolute Gasteiger partial charge is 0.229 e. The first kappa shape index (κ1) is 11.7. The van der Waals surface area contributed by atoms with Gasteiger partial charge in [0.15, 0.2) is 0 Å². The Kier molecular flexibility index (Phi) is 3.19. The maximum Gasteiger partial charge on any atom is 0.229 e. The highest BCUT2D eigenvalue weighted by Crippen LogP contribution is 2.19. The molecular weight excluding hydrogens is 223 g/mol. The Labute approximate surface area is 98.1 Å². The SMILES string of the molecule is Cc1cc(F)cc(-c2noc(CC(C)O)n2)c1. The lowest BCUT2D eigenvalue weighted by Crippen LogP contribution is -2.04. The summed E-state index contributed by atoms with van der Waals surface area (Å²) in [6, 6.07) is 4.56. The second-order valence-electron chi connectivity index (χ2n) is 4.08. The van der Waals surface area contributed by atoms with E-state index in [-0.39, 0.29) is 5.82 Å². The van der Waals surface area contributed by atoms with E-state index in [9.17, 15) is 9.50 Å². The molecule has 1 aromatic carbocycles. The van der Waals surface area contributed by atoms with Crippen LogP contribution in [0.3, 0.4) is 0 Å². The van der Waals surface area contributed by atoms with Gasteiger partial charge in [0.2, 0.25) is 11.7 Å². The summed E-state index contributed by atoms with van der Waals surface area (Å²) in [6.07, 6.45) is -0.251. The number of halogens is 1. The van der Waals surface area contributed by atoms with Crippen LogP contribution in [0.4, 0.5) is 4.39 Å². The number of nitrogens with zero attached hydrogens (tertiary/aromatic N) is 2. The Hall–Kier alpha value is -1.75. The lowest BCUT2D eigenvalue weighted by Gasteiger charge is -1.98. The van der Waals surface area contributed by atoms with Gasteiger partial charge in [0.25, 0.3) is 0 Å². The maximum absolute atomic E-state index is 13.2. The highest BCUT2D eigenvalue weighted by molar-refractivity contribution is 5.55. The van der Waals surface area contributed by atoms with E-state index in [0.717, 1.165) is 5.56 Å². The average molecular weight is 236 g/mol. The predicted molar refractivity (Wildman–Crippen MR) is 59.8 cm³/mol. The van der Waals surface area contributed by atoms with Gasteiger partial charge in [0.05, 0.1) is 12.5 Å². The molecule has 2 rings (SSSR count). The van der Waals surface area contributed by atoms with Crippen molar-refractivity contribution in [2.75, 3.05) is 0 Å². The molecule has 0 aliphatic heterocycles. The zero-order chi connectivity index (χ0) is 12.4. The van der Waals surface area contributed by atoms with Crippen LogP contribution in [0.5, 0.6) is 0 Å². The molecular formula is C12H13FN2O2. The van der Waals surface area contributed by atoms with Crippen molar-refractivity contribution in [1.29, 1.82) is 0 Å². The average Bonchev–Trinajstić information content (AvgIpc) is 2.63. The van der Waals surface area contributed by atoms with E-state index < -0.39 is 6.10 Å². The molecule has 1 aromatic heterocycles. The second-order valence-corrected chi connectivity index (χ2v) is 4.08. The minimum Gasteiger partial charge on any atom is -0.393 e. The van der Waals surface area contributed by atoms with Crippen LogP contribution in [0.15, 0.2) is 22.7 Å². The third-order valence-electron chi connectivity index (χ3n) is 2.24. The van der Waals surface area contributed by atoms with Crippen LogP contribution in [0.1, 0.15) is 18.4 Å². The summed E-state index contributed by atoms with van der Waals surface area (Å²) in [5.41, 5.74) is 1.37. The molecule has 1 heterocycles. The molecule has 1 N–H and O–H groups in total. The summed E-state index contributed by atoms with van der Waals surface area (Å²) in [4.78, 5) is 4.10. The molecule has 0 radical (unpaired) electrons. The molecule has 5 heteroatoms. The minimum absolute atomic E-state index is 0.293. The normalized spacial score (nSPS) is 12.7. The lowest BCUT2D eigenvalue weighted by atomic mass is 10.1. The number of hydrogen-bond acceptors (Lipinski definition) is 4. The number of hydrogen-bond donors (Lipinski definition) is 1. The standard InChI is InChI=1S/C12H13FN2O2/c1-7-3-9(6-10(13)4-7)12-14-11(17-15-12)5-8(2)16/h3-4,6,8,16H,5H2,1-2H3. The summed E-state index contributed by atoms with van der Waals surface area (Å²) in [5.74, 6) is 0.349. The summed E-state index contributed by atoms with van der Waals surface area (Å²) in [5, 5.41) is 12.9. The zero-order valence-corrected chi connectivity index (χ0v) is 9.64. The van der Waals surface area contributed by atoms with Gasteiger partial charge < -0.3 is 9.63 Å². The van der Waals surface area contributed by atoms with E-state index in [0.29, 0.717) is 23.7 Å². The highest BCUT2D eigenvalue weighted by Gasteiger charge is 2.11. The third-order valence-corrected chi connectivity index (χ3v) is 2.24. The minimum atomic E-state index is -0.544. The Balaban J connectivity index is 2.30. The molecule has 4 nitrogen and oxygen atoms in total. The van der Waals surface area contributed by atoms with Crippen molar-refractivity contribution in [2.45, 2.75) is 26.4 Å². The predicted octanol–water partition coefficient (Wildman–Crippen LogP) is 2.11. The van der Waals surface area contributed by atoms with Gasteiger partial charge in [0, 0.05) is 5.56 Å². The van der Waals surface area contributed by atoms with Crippen LogP contribution in [0, 0.1) is 12.7 Å². The van der Waals surface area contributed by atoms with Crippen molar-refractivity contribution in [2.24, 2.45) is 0 Å². The highest BCUT2D eigenvalue weighted by atomic mass is 19.1. The molecule has 17 heavy (non-hydrogen) atoms. The summed E-state index contributed by atoms with van der Waals surface area (Å²) >= 11 is 0. The van der Waals surface area contributed by atoms with Crippen LogP contribution < -0.4 is 0 Å². The number of aromatic nitrogens is 2. The number of aryl methyl sites for hydroxylation is 1. The van der Waals surface area contributed by atoms with Crippen molar-refractivity contribution in [3.05, 3.63) is 35.5 Å². The second kappa shape index (κ2) is 4.63. The van der Waals surface area contributed by atoms with Crippen molar-refractivity contribution < 1.29 is 14.0 Å². The van der Waals surface area contributed by atoms with Crippen molar-refractivity contribution >= 4 is 0 Å². The van der Waals surface area contributed by atoms with E-state index in [1.165, 1.54) is 12.1 Å². The summed E-state index contributed by atoms with van der Waals surface area (Å²) in [6.45, 7) is 3.43. The number of aliphatic hydroxyl groups excluding tert-OH is 1. The topological polar surface area (TPSA) is 59.2 Å². The summed E-state index contributed by atoms with van der Waals surface area (Å²) in [7, 11) is 0. The zero-order valence-electron chi connectivity index (χ0n) is 9.64. The van der Waals surface area contributed by atoms with E-state index in [2.05, 4.69) is 10.1 Å². The molecule has 0 fully saturated rings. The number of rotatable bonds is 3. The molecule has 1 atom stereocenters. The monoisotopic (exact) mass is 236 g/mol. The fraction of sp³-hybridized carbons (Fsp3) is 0.333. The molecule has 0 bridgehead atoms.